The first-order valence-corrected chi connectivity index (χ1v) is 9.65. The predicted octanol–water partition coefficient (Wildman–Crippen LogP) is 2.04. The highest BCUT2D eigenvalue weighted by atomic mass is 16.5. The topological polar surface area (TPSA) is 58.1 Å². The second kappa shape index (κ2) is 11.8. The van der Waals surface area contributed by atoms with Crippen LogP contribution in [0.2, 0.25) is 0 Å². The first-order chi connectivity index (χ1) is 12.7. The number of rotatable bonds is 9. The van der Waals surface area contributed by atoms with E-state index in [1.807, 2.05) is 12.1 Å². The minimum Gasteiger partial charge on any atom is -0.489 e. The van der Waals surface area contributed by atoms with Crippen LogP contribution >= 0.6 is 0 Å². The van der Waals surface area contributed by atoms with Gasteiger partial charge in [-0.15, -0.1) is 0 Å². The molecule has 1 aromatic carbocycles. The third-order valence-corrected chi connectivity index (χ3v) is 4.40. The zero-order chi connectivity index (χ0) is 18.6. The molecule has 1 aliphatic rings. The Kier molecular flexibility index (Phi) is 9.28. The lowest BCUT2D eigenvalue weighted by molar-refractivity contribution is 0.0372. The van der Waals surface area contributed by atoms with Crippen LogP contribution in [-0.2, 0) is 4.74 Å². The number of benzene rings is 1. The summed E-state index contributed by atoms with van der Waals surface area (Å²) in [4.78, 5) is 6.75. The molecule has 0 spiro atoms. The fraction of sp³-hybridized carbons (Fsp3) is 0.650. The molecule has 6 heteroatoms. The Morgan fingerprint density at radius 1 is 1.27 bits per heavy atom. The summed E-state index contributed by atoms with van der Waals surface area (Å²) in [7, 11) is 1.80. The van der Waals surface area contributed by atoms with Gasteiger partial charge in [0.1, 0.15) is 11.9 Å². The third kappa shape index (κ3) is 8.06. The number of aryl methyl sites for hydroxylation is 1. The van der Waals surface area contributed by atoms with Crippen molar-refractivity contribution >= 4 is 5.96 Å². The summed E-state index contributed by atoms with van der Waals surface area (Å²) < 4.78 is 11.3. The van der Waals surface area contributed by atoms with Gasteiger partial charge in [-0.3, -0.25) is 9.89 Å². The second-order valence-electron chi connectivity index (χ2n) is 6.79. The van der Waals surface area contributed by atoms with Gasteiger partial charge in [-0.25, -0.2) is 0 Å². The molecule has 1 saturated heterocycles. The van der Waals surface area contributed by atoms with Gasteiger partial charge in [0.25, 0.3) is 0 Å². The molecule has 1 aromatic rings. The molecular formula is C20H34N4O2. The summed E-state index contributed by atoms with van der Waals surface area (Å²) in [5.41, 5.74) is 1.21. The zero-order valence-electron chi connectivity index (χ0n) is 16.5. The summed E-state index contributed by atoms with van der Waals surface area (Å²) in [5, 5.41) is 6.71. The Morgan fingerprint density at radius 3 is 2.81 bits per heavy atom. The van der Waals surface area contributed by atoms with Crippen molar-refractivity contribution in [3.8, 4) is 5.75 Å². The van der Waals surface area contributed by atoms with E-state index in [1.54, 1.807) is 7.05 Å². The van der Waals surface area contributed by atoms with Crippen LogP contribution in [0.15, 0.2) is 29.3 Å². The van der Waals surface area contributed by atoms with Gasteiger partial charge in [0.2, 0.25) is 0 Å². The van der Waals surface area contributed by atoms with Gasteiger partial charge in [0, 0.05) is 26.7 Å². The van der Waals surface area contributed by atoms with Crippen LogP contribution in [0, 0.1) is 6.92 Å². The Bertz CT molecular complexity index is 544. The molecule has 0 aliphatic carbocycles. The van der Waals surface area contributed by atoms with E-state index in [0.717, 1.165) is 57.5 Å². The molecular weight excluding hydrogens is 328 g/mol. The first-order valence-electron chi connectivity index (χ1n) is 9.65. The molecule has 6 nitrogen and oxygen atoms in total. The molecule has 2 N–H and O–H groups in total. The van der Waals surface area contributed by atoms with Crippen LogP contribution in [0.4, 0.5) is 0 Å². The van der Waals surface area contributed by atoms with Gasteiger partial charge < -0.3 is 20.1 Å². The molecule has 1 atom stereocenters. The van der Waals surface area contributed by atoms with Crippen LogP contribution in [0.1, 0.15) is 25.3 Å². The Labute approximate surface area is 158 Å². The molecule has 2 rings (SSSR count). The summed E-state index contributed by atoms with van der Waals surface area (Å²) >= 11 is 0. The highest BCUT2D eigenvalue weighted by Gasteiger charge is 2.09. The third-order valence-electron chi connectivity index (χ3n) is 4.40. The van der Waals surface area contributed by atoms with Gasteiger partial charge >= 0.3 is 0 Å². The molecule has 0 aromatic heterocycles. The SMILES string of the molecule is CN=C(NCCCCN1CCOCC1)NCC(C)Oc1cccc(C)c1. The van der Waals surface area contributed by atoms with E-state index in [0.29, 0.717) is 6.54 Å². The number of hydrogen-bond acceptors (Lipinski definition) is 4. The summed E-state index contributed by atoms with van der Waals surface area (Å²) in [6, 6.07) is 8.13. The smallest absolute Gasteiger partial charge is 0.191 e. The van der Waals surface area contributed by atoms with Crippen molar-refractivity contribution in [3.05, 3.63) is 29.8 Å². The summed E-state index contributed by atoms with van der Waals surface area (Å²) in [6.07, 6.45) is 2.39. The van der Waals surface area contributed by atoms with E-state index in [2.05, 4.69) is 46.5 Å². The van der Waals surface area contributed by atoms with E-state index in [-0.39, 0.29) is 6.10 Å². The number of aliphatic imine (C=N–C) groups is 1. The maximum Gasteiger partial charge on any atom is 0.191 e. The minimum atomic E-state index is 0.0664. The van der Waals surface area contributed by atoms with Crippen molar-refractivity contribution in [3.63, 3.8) is 0 Å². The average Bonchev–Trinajstić information content (AvgIpc) is 2.65. The zero-order valence-corrected chi connectivity index (χ0v) is 16.5. The van der Waals surface area contributed by atoms with Crippen molar-refractivity contribution < 1.29 is 9.47 Å². The molecule has 0 radical (unpaired) electrons. The maximum atomic E-state index is 5.94. The first kappa shape index (κ1) is 20.5. The molecule has 26 heavy (non-hydrogen) atoms. The van der Waals surface area contributed by atoms with E-state index in [1.165, 1.54) is 12.0 Å². The second-order valence-corrected chi connectivity index (χ2v) is 6.79. The molecule has 0 saturated carbocycles. The summed E-state index contributed by atoms with van der Waals surface area (Å²) in [5.74, 6) is 1.74. The molecule has 1 aliphatic heterocycles. The van der Waals surface area contributed by atoms with Crippen LogP contribution in [-0.4, -0.2) is 69.9 Å². The Balaban J connectivity index is 1.56. The van der Waals surface area contributed by atoms with Crippen LogP contribution < -0.4 is 15.4 Å². The van der Waals surface area contributed by atoms with Crippen molar-refractivity contribution in [1.29, 1.82) is 0 Å². The van der Waals surface area contributed by atoms with E-state index in [4.69, 9.17) is 9.47 Å². The number of nitrogens with zero attached hydrogens (tertiary/aromatic N) is 2. The standard InChI is InChI=1S/C20H34N4O2/c1-17-7-6-8-19(15-17)26-18(2)16-23-20(21-3)22-9-4-5-10-24-11-13-25-14-12-24/h6-8,15,18H,4-5,9-14,16H2,1-3H3,(H2,21,22,23). The van der Waals surface area contributed by atoms with Crippen molar-refractivity contribution in [2.24, 2.45) is 4.99 Å². The maximum absolute atomic E-state index is 5.94. The number of nitrogens with one attached hydrogen (secondary N) is 2. The number of unbranched alkanes of at least 4 members (excludes halogenated alkanes) is 1. The van der Waals surface area contributed by atoms with Gasteiger partial charge in [-0.1, -0.05) is 12.1 Å². The number of ether oxygens (including phenoxy) is 2. The molecule has 1 unspecified atom stereocenters. The minimum absolute atomic E-state index is 0.0664. The largest absolute Gasteiger partial charge is 0.489 e. The number of guanidine groups is 1. The van der Waals surface area contributed by atoms with Crippen molar-refractivity contribution in [2.45, 2.75) is 32.8 Å². The Hall–Kier alpha value is -1.79. The summed E-state index contributed by atoms with van der Waals surface area (Å²) in [6.45, 7) is 10.8. The predicted molar refractivity (Wildman–Crippen MR) is 107 cm³/mol. The normalized spacial score (nSPS) is 17.0. The molecule has 0 bridgehead atoms. The van der Waals surface area contributed by atoms with Gasteiger partial charge in [-0.05, 0) is 50.9 Å². The lowest BCUT2D eigenvalue weighted by atomic mass is 10.2. The van der Waals surface area contributed by atoms with Crippen molar-refractivity contribution in [1.82, 2.24) is 15.5 Å². The lowest BCUT2D eigenvalue weighted by Gasteiger charge is -2.26. The Morgan fingerprint density at radius 2 is 2.08 bits per heavy atom. The van der Waals surface area contributed by atoms with Crippen LogP contribution in [0.3, 0.4) is 0 Å². The highest BCUT2D eigenvalue weighted by Crippen LogP contribution is 2.13. The highest BCUT2D eigenvalue weighted by molar-refractivity contribution is 5.79. The molecule has 146 valence electrons. The van der Waals surface area contributed by atoms with Crippen LogP contribution in [0.5, 0.6) is 5.75 Å². The fourth-order valence-electron chi connectivity index (χ4n) is 2.92. The molecule has 0 amide bonds. The van der Waals surface area contributed by atoms with E-state index >= 15 is 0 Å². The van der Waals surface area contributed by atoms with E-state index < -0.39 is 0 Å². The number of hydrogen-bond donors (Lipinski definition) is 2. The monoisotopic (exact) mass is 362 g/mol. The quantitative estimate of drug-likeness (QED) is 0.400. The van der Waals surface area contributed by atoms with Gasteiger partial charge in [-0.2, -0.15) is 0 Å². The van der Waals surface area contributed by atoms with E-state index in [9.17, 15) is 0 Å². The fourth-order valence-corrected chi connectivity index (χ4v) is 2.92. The molecule has 1 heterocycles. The van der Waals surface area contributed by atoms with Gasteiger partial charge in [0.05, 0.1) is 19.8 Å². The lowest BCUT2D eigenvalue weighted by Crippen LogP contribution is -2.42. The van der Waals surface area contributed by atoms with Gasteiger partial charge in [0.15, 0.2) is 5.96 Å². The van der Waals surface area contributed by atoms with Crippen LogP contribution in [0.25, 0.3) is 0 Å². The molecule has 1 fully saturated rings. The van der Waals surface area contributed by atoms with Crippen molar-refractivity contribution in [2.75, 3.05) is 53.0 Å². The average molecular weight is 363 g/mol. The number of morpholine rings is 1.